The van der Waals surface area contributed by atoms with Gasteiger partial charge in [0.1, 0.15) is 5.69 Å². The molecule has 2 heterocycles. The molecule has 0 unspecified atom stereocenters. The second kappa shape index (κ2) is 9.17. The number of anilines is 1. The first kappa shape index (κ1) is 19.6. The van der Waals surface area contributed by atoms with Gasteiger partial charge in [0.25, 0.3) is 11.5 Å². The Balaban J connectivity index is 1.77. The molecular weight excluding hydrogens is 354 g/mol. The maximum atomic E-state index is 12.8. The lowest BCUT2D eigenvalue weighted by molar-refractivity contribution is -0.111. The predicted octanol–water partition coefficient (Wildman–Crippen LogP) is 3.05. The van der Waals surface area contributed by atoms with Crippen LogP contribution in [0.2, 0.25) is 0 Å². The molecule has 3 rings (SSSR count). The van der Waals surface area contributed by atoms with E-state index in [4.69, 9.17) is 0 Å². The van der Waals surface area contributed by atoms with Gasteiger partial charge in [0, 0.05) is 32.4 Å². The van der Waals surface area contributed by atoms with Crippen molar-refractivity contribution in [3.63, 3.8) is 0 Å². The Kier molecular flexibility index (Phi) is 6.42. The highest BCUT2D eigenvalue weighted by Gasteiger charge is 2.19. The molecule has 2 aromatic rings. The number of aromatic nitrogens is 1. The fourth-order valence-electron chi connectivity index (χ4n) is 3.29. The fraction of sp³-hybridized carbons (Fsp3) is 0.318. The van der Waals surface area contributed by atoms with Crippen LogP contribution in [-0.4, -0.2) is 34.4 Å². The van der Waals surface area contributed by atoms with Crippen molar-refractivity contribution in [2.75, 3.05) is 18.4 Å². The van der Waals surface area contributed by atoms with Crippen LogP contribution in [0, 0.1) is 0 Å². The van der Waals surface area contributed by atoms with Crippen molar-refractivity contribution in [2.45, 2.75) is 25.7 Å². The van der Waals surface area contributed by atoms with E-state index in [1.165, 1.54) is 22.9 Å². The zero-order chi connectivity index (χ0) is 19.9. The molecule has 0 aliphatic carbocycles. The number of nitrogens with zero attached hydrogens (tertiary/aromatic N) is 2. The van der Waals surface area contributed by atoms with Crippen LogP contribution >= 0.6 is 0 Å². The Bertz CT molecular complexity index is 924. The van der Waals surface area contributed by atoms with Crippen LogP contribution in [0.4, 0.5) is 5.69 Å². The lowest BCUT2D eigenvalue weighted by Crippen LogP contribution is -2.33. The Morgan fingerprint density at radius 1 is 1.04 bits per heavy atom. The summed E-state index contributed by atoms with van der Waals surface area (Å²) in [6.45, 7) is 1.45. The van der Waals surface area contributed by atoms with E-state index >= 15 is 0 Å². The van der Waals surface area contributed by atoms with E-state index in [1.54, 1.807) is 13.1 Å². The summed E-state index contributed by atoms with van der Waals surface area (Å²) in [6.07, 6.45) is 8.82. The van der Waals surface area contributed by atoms with Crippen LogP contribution in [0.5, 0.6) is 0 Å². The summed E-state index contributed by atoms with van der Waals surface area (Å²) in [7, 11) is 1.58. The Morgan fingerprint density at radius 2 is 1.71 bits per heavy atom. The summed E-state index contributed by atoms with van der Waals surface area (Å²) in [5, 5.41) is 2.60. The predicted molar refractivity (Wildman–Crippen MR) is 110 cm³/mol. The quantitative estimate of drug-likeness (QED) is 0.830. The summed E-state index contributed by atoms with van der Waals surface area (Å²) in [4.78, 5) is 39.3. The molecule has 1 aromatic carbocycles. The van der Waals surface area contributed by atoms with E-state index in [2.05, 4.69) is 5.32 Å². The summed E-state index contributed by atoms with van der Waals surface area (Å²) < 4.78 is 1.33. The number of amides is 2. The molecule has 6 nitrogen and oxygen atoms in total. The molecule has 1 aliphatic heterocycles. The highest BCUT2D eigenvalue weighted by molar-refractivity contribution is 6.03. The molecule has 1 saturated heterocycles. The average Bonchev–Trinajstić information content (AvgIpc) is 2.99. The largest absolute Gasteiger partial charge is 0.339 e. The van der Waals surface area contributed by atoms with Gasteiger partial charge in [0.15, 0.2) is 0 Å². The minimum Gasteiger partial charge on any atom is -0.339 e. The fourth-order valence-corrected chi connectivity index (χ4v) is 3.29. The second-order valence-corrected chi connectivity index (χ2v) is 7.00. The first-order valence-electron chi connectivity index (χ1n) is 9.58. The molecule has 0 spiro atoms. The first-order chi connectivity index (χ1) is 13.5. The van der Waals surface area contributed by atoms with Gasteiger partial charge in [0.2, 0.25) is 5.91 Å². The van der Waals surface area contributed by atoms with Gasteiger partial charge < -0.3 is 14.8 Å². The van der Waals surface area contributed by atoms with Crippen molar-refractivity contribution < 1.29 is 9.59 Å². The van der Waals surface area contributed by atoms with Crippen LogP contribution in [0.1, 0.15) is 41.6 Å². The molecule has 0 saturated carbocycles. The first-order valence-corrected chi connectivity index (χ1v) is 9.58. The number of aryl methyl sites for hydroxylation is 1. The summed E-state index contributed by atoms with van der Waals surface area (Å²) in [5.41, 5.74) is 1.04. The molecule has 146 valence electrons. The second-order valence-electron chi connectivity index (χ2n) is 7.00. The van der Waals surface area contributed by atoms with Crippen LogP contribution in [0.15, 0.2) is 53.5 Å². The summed E-state index contributed by atoms with van der Waals surface area (Å²) in [6, 6.07) is 10.9. The maximum absolute atomic E-state index is 12.8. The molecular formula is C22H25N3O3. The third-order valence-electron chi connectivity index (χ3n) is 4.81. The Morgan fingerprint density at radius 3 is 2.39 bits per heavy atom. The van der Waals surface area contributed by atoms with Crippen LogP contribution < -0.4 is 10.9 Å². The molecule has 1 aliphatic rings. The number of hydrogen-bond donors (Lipinski definition) is 1. The highest BCUT2D eigenvalue weighted by atomic mass is 16.2. The normalized spacial score (nSPS) is 14.7. The van der Waals surface area contributed by atoms with Crippen LogP contribution in [0.3, 0.4) is 0 Å². The van der Waals surface area contributed by atoms with Gasteiger partial charge in [-0.05, 0) is 30.5 Å². The average molecular weight is 379 g/mol. The van der Waals surface area contributed by atoms with Crippen molar-refractivity contribution in [3.8, 4) is 0 Å². The third-order valence-corrected chi connectivity index (χ3v) is 4.81. The maximum Gasteiger partial charge on any atom is 0.274 e. The van der Waals surface area contributed by atoms with Gasteiger partial charge in [-0.1, -0.05) is 43.2 Å². The lowest BCUT2D eigenvalue weighted by atomic mass is 10.2. The lowest BCUT2D eigenvalue weighted by Gasteiger charge is -2.21. The summed E-state index contributed by atoms with van der Waals surface area (Å²) >= 11 is 0. The molecule has 0 radical (unpaired) electrons. The van der Waals surface area contributed by atoms with E-state index in [1.807, 2.05) is 35.2 Å². The van der Waals surface area contributed by atoms with Gasteiger partial charge in [-0.3, -0.25) is 14.4 Å². The van der Waals surface area contributed by atoms with Gasteiger partial charge in [-0.15, -0.1) is 0 Å². The van der Waals surface area contributed by atoms with Gasteiger partial charge in [0.05, 0.1) is 5.56 Å². The molecule has 1 N–H and O–H groups in total. The zero-order valence-corrected chi connectivity index (χ0v) is 16.1. The van der Waals surface area contributed by atoms with E-state index < -0.39 is 5.91 Å². The number of likely N-dealkylation sites (tertiary alicyclic amines) is 1. The molecule has 0 atom stereocenters. The monoisotopic (exact) mass is 379 g/mol. The van der Waals surface area contributed by atoms with Crippen molar-refractivity contribution in [1.82, 2.24) is 9.47 Å². The van der Waals surface area contributed by atoms with Crippen molar-refractivity contribution >= 4 is 23.6 Å². The number of rotatable bonds is 4. The molecule has 2 amide bonds. The molecule has 1 aromatic heterocycles. The summed E-state index contributed by atoms with van der Waals surface area (Å²) in [5.74, 6) is -0.520. The SMILES string of the molecule is Cn1cc(C(=O)N2CCCCCC2)cc(NC(=O)/C=C/c2ccccc2)c1=O. The van der Waals surface area contributed by atoms with Crippen molar-refractivity contribution in [2.24, 2.45) is 7.05 Å². The Labute approximate surface area is 164 Å². The van der Waals surface area contributed by atoms with Gasteiger partial charge in [-0.2, -0.15) is 0 Å². The van der Waals surface area contributed by atoms with Crippen LogP contribution in [-0.2, 0) is 11.8 Å². The van der Waals surface area contributed by atoms with E-state index in [0.29, 0.717) is 5.56 Å². The number of carbonyl (C=O) groups is 2. The number of pyridine rings is 1. The van der Waals surface area contributed by atoms with Crippen molar-refractivity contribution in [1.29, 1.82) is 0 Å². The zero-order valence-electron chi connectivity index (χ0n) is 16.1. The van der Waals surface area contributed by atoms with Crippen molar-refractivity contribution in [3.05, 3.63) is 70.2 Å². The smallest absolute Gasteiger partial charge is 0.274 e. The molecule has 28 heavy (non-hydrogen) atoms. The standard InChI is InChI=1S/C22H25N3O3/c1-24-16-18(21(27)25-13-7-2-3-8-14-25)15-19(22(24)28)23-20(26)12-11-17-9-5-4-6-10-17/h4-6,9-12,15-16H,2-3,7-8,13-14H2,1H3,(H,23,26)/b12-11+. The van der Waals surface area contributed by atoms with E-state index in [0.717, 1.165) is 44.3 Å². The number of hydrogen-bond acceptors (Lipinski definition) is 3. The van der Waals surface area contributed by atoms with E-state index in [9.17, 15) is 14.4 Å². The Hall–Kier alpha value is -3.15. The number of nitrogens with one attached hydrogen (secondary N) is 1. The topological polar surface area (TPSA) is 71.4 Å². The molecule has 6 heteroatoms. The number of benzene rings is 1. The molecule has 1 fully saturated rings. The van der Waals surface area contributed by atoms with E-state index in [-0.39, 0.29) is 17.2 Å². The van der Waals surface area contributed by atoms with Crippen LogP contribution in [0.25, 0.3) is 6.08 Å². The minimum absolute atomic E-state index is 0.103. The van der Waals surface area contributed by atoms with Gasteiger partial charge in [-0.25, -0.2) is 0 Å². The number of carbonyl (C=O) groups excluding carboxylic acids is 2. The van der Waals surface area contributed by atoms with Gasteiger partial charge >= 0.3 is 0 Å². The molecule has 0 bridgehead atoms. The minimum atomic E-state index is -0.416. The third kappa shape index (κ3) is 4.97. The highest BCUT2D eigenvalue weighted by Crippen LogP contribution is 2.14.